The van der Waals surface area contributed by atoms with Gasteiger partial charge in [0.05, 0.1) is 22.7 Å². The number of alkyl halides is 1. The Kier molecular flexibility index (Phi) is 12.1. The molecule has 246 valence electrons. The van der Waals surface area contributed by atoms with Gasteiger partial charge in [0.1, 0.15) is 18.2 Å². The van der Waals surface area contributed by atoms with Crippen molar-refractivity contribution in [2.45, 2.75) is 76.4 Å². The van der Waals surface area contributed by atoms with E-state index in [-0.39, 0.29) is 28.8 Å². The number of nitrogens with zero attached hydrogens (tertiary/aromatic N) is 2. The zero-order valence-corrected chi connectivity index (χ0v) is 28.1. The van der Waals surface area contributed by atoms with Crippen LogP contribution in [-0.2, 0) is 24.4 Å². The fourth-order valence-corrected chi connectivity index (χ4v) is 6.35. The van der Waals surface area contributed by atoms with Crippen molar-refractivity contribution in [2.75, 3.05) is 0 Å². The lowest BCUT2D eigenvalue weighted by Crippen LogP contribution is -2.37. The number of aromatic carboxylic acids is 1. The van der Waals surface area contributed by atoms with Crippen LogP contribution in [0.4, 0.5) is 0 Å². The van der Waals surface area contributed by atoms with E-state index in [4.69, 9.17) is 38.0 Å². The van der Waals surface area contributed by atoms with Gasteiger partial charge in [-0.1, -0.05) is 85.5 Å². The first kappa shape index (κ1) is 34.3. The van der Waals surface area contributed by atoms with E-state index in [0.29, 0.717) is 36.8 Å². The lowest BCUT2D eigenvalue weighted by molar-refractivity contribution is -0.126. The molecule has 2 atom stereocenters. The van der Waals surface area contributed by atoms with Crippen LogP contribution in [0.1, 0.15) is 84.5 Å². The number of ether oxygens (including phenoxy) is 1. The summed E-state index contributed by atoms with van der Waals surface area (Å²) in [5.41, 5.74) is 3.82. The number of hydrogen-bond acceptors (Lipinski definition) is 4. The highest BCUT2D eigenvalue weighted by atomic mass is 35.5. The van der Waals surface area contributed by atoms with Crippen molar-refractivity contribution in [3.63, 3.8) is 0 Å². The molecule has 0 saturated heterocycles. The zero-order valence-electron chi connectivity index (χ0n) is 26.6. The third-order valence-electron chi connectivity index (χ3n) is 8.58. The van der Waals surface area contributed by atoms with Crippen LogP contribution in [0.25, 0.3) is 5.57 Å². The molecule has 2 aliphatic carbocycles. The Hall–Kier alpha value is -4.07. The fourth-order valence-electron chi connectivity index (χ4n) is 5.93. The minimum absolute atomic E-state index is 0.00606. The molecule has 1 aromatic heterocycles. The predicted molar refractivity (Wildman–Crippen MR) is 188 cm³/mol. The molecular formula is C38H41Cl2N3O4. The van der Waals surface area contributed by atoms with Crippen LogP contribution in [0.15, 0.2) is 96.2 Å². The number of allylic oxidation sites excluding steroid dienone is 8. The van der Waals surface area contributed by atoms with Gasteiger partial charge < -0.3 is 19.7 Å². The van der Waals surface area contributed by atoms with Crippen LogP contribution in [0.5, 0.6) is 5.75 Å². The van der Waals surface area contributed by atoms with Gasteiger partial charge in [0.2, 0.25) is 5.91 Å². The molecule has 1 saturated carbocycles. The van der Waals surface area contributed by atoms with E-state index in [1.54, 1.807) is 24.3 Å². The van der Waals surface area contributed by atoms with E-state index in [0.717, 1.165) is 53.9 Å². The van der Waals surface area contributed by atoms with E-state index in [9.17, 15) is 9.59 Å². The molecule has 2 aliphatic rings. The fraction of sp³-hybridized carbons (Fsp3) is 0.342. The molecule has 7 nitrogen and oxygen atoms in total. The van der Waals surface area contributed by atoms with Gasteiger partial charge in [0, 0.05) is 29.3 Å². The number of carbonyl (C=O) groups excluding carboxylic acids is 1. The zero-order chi connectivity index (χ0) is 33.2. The van der Waals surface area contributed by atoms with Crippen molar-refractivity contribution in [1.29, 1.82) is 0 Å². The molecule has 3 aromatic rings. The summed E-state index contributed by atoms with van der Waals surface area (Å²) in [6, 6.07) is 14.1. The summed E-state index contributed by atoms with van der Waals surface area (Å²) in [5.74, 6) is 0.595. The van der Waals surface area contributed by atoms with Gasteiger partial charge in [-0.2, -0.15) is 0 Å². The average molecular weight is 675 g/mol. The monoisotopic (exact) mass is 673 g/mol. The third kappa shape index (κ3) is 9.49. The Balaban J connectivity index is 1.40. The van der Waals surface area contributed by atoms with Gasteiger partial charge in [-0.15, -0.1) is 11.6 Å². The lowest BCUT2D eigenvalue weighted by atomic mass is 9.88. The number of halogens is 2. The van der Waals surface area contributed by atoms with Crippen molar-refractivity contribution in [3.8, 4) is 5.75 Å². The van der Waals surface area contributed by atoms with E-state index < -0.39 is 5.97 Å². The van der Waals surface area contributed by atoms with E-state index in [1.165, 1.54) is 6.42 Å². The normalized spacial score (nSPS) is 20.0. The number of carbonyl (C=O) groups is 2. The molecule has 0 spiro atoms. The molecule has 9 heteroatoms. The second kappa shape index (κ2) is 16.7. The number of carboxylic acids is 1. The molecule has 2 unspecified atom stereocenters. The second-order valence-corrected chi connectivity index (χ2v) is 12.9. The van der Waals surface area contributed by atoms with Crippen molar-refractivity contribution in [2.24, 2.45) is 5.92 Å². The number of rotatable bonds is 12. The minimum Gasteiger partial charge on any atom is -0.489 e. The summed E-state index contributed by atoms with van der Waals surface area (Å²) in [6.45, 7) is 2.91. The smallest absolute Gasteiger partial charge is 0.335 e. The first-order valence-corrected chi connectivity index (χ1v) is 17.0. The lowest BCUT2D eigenvalue weighted by Gasteiger charge is -2.25. The van der Waals surface area contributed by atoms with Crippen LogP contribution in [-0.4, -0.2) is 31.9 Å². The first-order valence-electron chi connectivity index (χ1n) is 16.2. The Bertz CT molecular complexity index is 1650. The number of nitrogens with one attached hydrogen (secondary N) is 1. The maximum Gasteiger partial charge on any atom is 0.335 e. The quantitative estimate of drug-likeness (QED) is 0.148. The Morgan fingerprint density at radius 3 is 2.49 bits per heavy atom. The summed E-state index contributed by atoms with van der Waals surface area (Å²) >= 11 is 13.0. The molecule has 2 N–H and O–H groups in total. The van der Waals surface area contributed by atoms with Crippen LogP contribution >= 0.6 is 23.2 Å². The molecule has 0 radical (unpaired) electrons. The highest BCUT2D eigenvalue weighted by Gasteiger charge is 2.27. The van der Waals surface area contributed by atoms with Crippen molar-refractivity contribution in [3.05, 3.63) is 124 Å². The summed E-state index contributed by atoms with van der Waals surface area (Å²) in [5, 5.41) is 12.9. The van der Waals surface area contributed by atoms with Crippen molar-refractivity contribution < 1.29 is 19.4 Å². The van der Waals surface area contributed by atoms with Crippen LogP contribution in [0, 0.1) is 5.92 Å². The van der Waals surface area contributed by atoms with E-state index in [2.05, 4.69) is 16.0 Å². The molecule has 47 heavy (non-hydrogen) atoms. The molecule has 0 bridgehead atoms. The van der Waals surface area contributed by atoms with Gasteiger partial charge >= 0.3 is 5.97 Å². The molecule has 2 aromatic carbocycles. The number of hydrogen-bond donors (Lipinski definition) is 2. The van der Waals surface area contributed by atoms with E-state index in [1.807, 2.05) is 67.8 Å². The molecule has 1 heterocycles. The number of aromatic nitrogens is 2. The molecule has 5 rings (SSSR count). The second-order valence-electron chi connectivity index (χ2n) is 12.0. The summed E-state index contributed by atoms with van der Waals surface area (Å²) in [7, 11) is 0. The van der Waals surface area contributed by atoms with Gasteiger partial charge in [0.15, 0.2) is 0 Å². The number of imidazole rings is 1. The molecular weight excluding hydrogens is 633 g/mol. The Morgan fingerprint density at radius 2 is 1.79 bits per heavy atom. The predicted octanol–water partition coefficient (Wildman–Crippen LogP) is 8.79. The third-order valence-corrected chi connectivity index (χ3v) is 9.23. The average Bonchev–Trinajstić information content (AvgIpc) is 3.50. The SMILES string of the molecule is C/C=C\Cn1cc(/C2=C(\Cl)C=CC(Cl)/C=C\C2)nc1C(Cc1ccc(OCc2ccc(C(=O)O)cc2)cc1)NC(=O)C1CCCCC1. The van der Waals surface area contributed by atoms with Gasteiger partial charge in [-0.3, -0.25) is 4.79 Å². The van der Waals surface area contributed by atoms with Crippen LogP contribution < -0.4 is 10.1 Å². The number of amides is 1. The maximum atomic E-state index is 13.6. The van der Waals surface area contributed by atoms with Gasteiger partial charge in [-0.25, -0.2) is 9.78 Å². The molecule has 0 aliphatic heterocycles. The van der Waals surface area contributed by atoms with Crippen molar-refractivity contribution >= 4 is 40.7 Å². The summed E-state index contributed by atoms with van der Waals surface area (Å²) in [4.78, 5) is 29.9. The highest BCUT2D eigenvalue weighted by molar-refractivity contribution is 6.34. The standard InChI is InChI=1S/C38H41Cl2N3O4/c1-2-3-22-43-24-35(32-11-7-10-30(39)18-21-33(32)40)41-36(43)34(42-37(44)28-8-5-4-6-9-28)23-26-14-19-31(20-15-26)47-25-27-12-16-29(17-13-27)38(45)46/h2-3,7,10,12-21,24,28,30,34H,4-6,8-9,11,22-23,25H2,1H3,(H,42,44)(H,45,46)/b3-2-,10-7-,21-18?,33-32-. The largest absolute Gasteiger partial charge is 0.489 e. The van der Waals surface area contributed by atoms with Gasteiger partial charge in [-0.05, 0) is 74.1 Å². The molecule has 1 fully saturated rings. The Morgan fingerprint density at radius 1 is 1.06 bits per heavy atom. The maximum absolute atomic E-state index is 13.6. The van der Waals surface area contributed by atoms with Gasteiger partial charge in [0.25, 0.3) is 0 Å². The van der Waals surface area contributed by atoms with Crippen molar-refractivity contribution in [1.82, 2.24) is 14.9 Å². The summed E-state index contributed by atoms with van der Waals surface area (Å²) in [6.07, 6.45) is 20.0. The summed E-state index contributed by atoms with van der Waals surface area (Å²) < 4.78 is 8.07. The van der Waals surface area contributed by atoms with Crippen LogP contribution in [0.3, 0.4) is 0 Å². The number of carboxylic acid groups (broad SMARTS) is 1. The van der Waals surface area contributed by atoms with Crippen LogP contribution in [0.2, 0.25) is 0 Å². The first-order chi connectivity index (χ1) is 22.8. The van der Waals surface area contributed by atoms with E-state index >= 15 is 0 Å². The minimum atomic E-state index is -0.957. The highest BCUT2D eigenvalue weighted by Crippen LogP contribution is 2.31. The topological polar surface area (TPSA) is 93.5 Å². The molecule has 1 amide bonds. The number of benzene rings is 2. The Labute approximate surface area is 286 Å².